The monoisotopic (exact) mass is 208 g/mol. The molecule has 0 radical (unpaired) electrons. The molecule has 0 atom stereocenters. The third-order valence-electron chi connectivity index (χ3n) is 2.33. The molecule has 2 N–H and O–H groups in total. The smallest absolute Gasteiger partial charge is 0.148 e. The van der Waals surface area contributed by atoms with Gasteiger partial charge in [-0.05, 0) is 0 Å². The zero-order chi connectivity index (χ0) is 10.8. The number of ether oxygens (including phenoxy) is 2. The fraction of sp³-hybridized carbons (Fsp3) is 0.300. The second-order valence-corrected chi connectivity index (χ2v) is 3.04. The fourth-order valence-corrected chi connectivity index (χ4v) is 1.60. The predicted octanol–water partition coefficient (Wildman–Crippen LogP) is 1.07. The number of fused-ring (bicyclic) bond motifs is 1. The van der Waals surface area contributed by atoms with E-state index in [9.17, 15) is 5.11 Å². The van der Waals surface area contributed by atoms with Crippen molar-refractivity contribution in [2.24, 2.45) is 0 Å². The standard InChI is InChI=1S/C10H12N2O3/c1-14-7-3-8(15-2)10-9(6(7)4-13)11-5-12-10/h3,5,13H,4H2,1-2H3,(H,11,12). The molecule has 0 fully saturated rings. The summed E-state index contributed by atoms with van der Waals surface area (Å²) in [7, 11) is 3.13. The maximum absolute atomic E-state index is 9.25. The van der Waals surface area contributed by atoms with Gasteiger partial charge in [-0.25, -0.2) is 4.98 Å². The van der Waals surface area contributed by atoms with Crippen molar-refractivity contribution in [1.82, 2.24) is 9.97 Å². The van der Waals surface area contributed by atoms with Crippen LogP contribution in [-0.4, -0.2) is 29.3 Å². The van der Waals surface area contributed by atoms with E-state index in [1.807, 2.05) is 0 Å². The van der Waals surface area contributed by atoms with E-state index in [2.05, 4.69) is 9.97 Å². The Labute approximate surface area is 86.7 Å². The van der Waals surface area contributed by atoms with E-state index < -0.39 is 0 Å². The topological polar surface area (TPSA) is 67.4 Å². The Kier molecular flexibility index (Phi) is 2.47. The van der Waals surface area contributed by atoms with Crippen LogP contribution in [0.4, 0.5) is 0 Å². The van der Waals surface area contributed by atoms with Crippen LogP contribution in [0.15, 0.2) is 12.4 Å². The van der Waals surface area contributed by atoms with Crippen molar-refractivity contribution >= 4 is 11.0 Å². The van der Waals surface area contributed by atoms with Gasteiger partial charge in [0.2, 0.25) is 0 Å². The van der Waals surface area contributed by atoms with E-state index in [0.717, 1.165) is 5.52 Å². The Bertz CT molecular complexity index is 479. The lowest BCUT2D eigenvalue weighted by Crippen LogP contribution is -1.95. The van der Waals surface area contributed by atoms with Gasteiger partial charge < -0.3 is 19.6 Å². The van der Waals surface area contributed by atoms with Gasteiger partial charge in [-0.15, -0.1) is 0 Å². The summed E-state index contributed by atoms with van der Waals surface area (Å²) >= 11 is 0. The first-order chi connectivity index (χ1) is 7.31. The first-order valence-corrected chi connectivity index (χ1v) is 4.49. The Morgan fingerprint density at radius 1 is 1.33 bits per heavy atom. The van der Waals surface area contributed by atoms with Crippen molar-refractivity contribution in [1.29, 1.82) is 0 Å². The molecular formula is C10H12N2O3. The van der Waals surface area contributed by atoms with E-state index in [0.29, 0.717) is 22.6 Å². The maximum Gasteiger partial charge on any atom is 0.148 e. The lowest BCUT2D eigenvalue weighted by Gasteiger charge is -2.09. The van der Waals surface area contributed by atoms with Gasteiger partial charge in [0.25, 0.3) is 0 Å². The molecule has 5 heteroatoms. The van der Waals surface area contributed by atoms with E-state index in [4.69, 9.17) is 9.47 Å². The number of imidazole rings is 1. The quantitative estimate of drug-likeness (QED) is 0.791. The Balaban J connectivity index is 2.78. The van der Waals surface area contributed by atoms with Crippen LogP contribution in [0.5, 0.6) is 11.5 Å². The SMILES string of the molecule is COc1cc(OC)c2[nH]cnc2c1CO. The van der Waals surface area contributed by atoms with E-state index in [1.54, 1.807) is 26.6 Å². The zero-order valence-electron chi connectivity index (χ0n) is 8.57. The minimum Gasteiger partial charge on any atom is -0.496 e. The molecule has 0 spiro atoms. The van der Waals surface area contributed by atoms with Gasteiger partial charge in [0.15, 0.2) is 0 Å². The molecule has 2 aromatic rings. The summed E-state index contributed by atoms with van der Waals surface area (Å²) in [5.41, 5.74) is 2.10. The summed E-state index contributed by atoms with van der Waals surface area (Å²) in [5, 5.41) is 9.25. The van der Waals surface area contributed by atoms with Gasteiger partial charge in [0, 0.05) is 11.6 Å². The van der Waals surface area contributed by atoms with Crippen LogP contribution < -0.4 is 9.47 Å². The molecule has 80 valence electrons. The van der Waals surface area contributed by atoms with E-state index in [1.165, 1.54) is 0 Å². The molecule has 1 aromatic heterocycles. The Hall–Kier alpha value is -1.75. The molecule has 0 aliphatic heterocycles. The third kappa shape index (κ3) is 1.41. The van der Waals surface area contributed by atoms with Gasteiger partial charge in [0.05, 0.1) is 27.2 Å². The van der Waals surface area contributed by atoms with Crippen molar-refractivity contribution in [2.45, 2.75) is 6.61 Å². The maximum atomic E-state index is 9.25. The van der Waals surface area contributed by atoms with E-state index in [-0.39, 0.29) is 6.61 Å². The van der Waals surface area contributed by atoms with Crippen LogP contribution in [0, 0.1) is 0 Å². The number of aliphatic hydroxyl groups excluding tert-OH is 1. The summed E-state index contributed by atoms with van der Waals surface area (Å²) in [6.07, 6.45) is 1.56. The lowest BCUT2D eigenvalue weighted by molar-refractivity contribution is 0.275. The van der Waals surface area contributed by atoms with Gasteiger partial charge >= 0.3 is 0 Å². The van der Waals surface area contributed by atoms with Crippen molar-refractivity contribution in [3.63, 3.8) is 0 Å². The van der Waals surface area contributed by atoms with Gasteiger partial charge in [-0.2, -0.15) is 0 Å². The van der Waals surface area contributed by atoms with E-state index >= 15 is 0 Å². The summed E-state index contributed by atoms with van der Waals surface area (Å²) < 4.78 is 10.4. The van der Waals surface area contributed by atoms with Crippen LogP contribution >= 0.6 is 0 Å². The summed E-state index contributed by atoms with van der Waals surface area (Å²) in [4.78, 5) is 7.09. The van der Waals surface area contributed by atoms with Crippen LogP contribution in [0.25, 0.3) is 11.0 Å². The number of benzene rings is 1. The molecule has 5 nitrogen and oxygen atoms in total. The molecule has 15 heavy (non-hydrogen) atoms. The minimum atomic E-state index is -0.117. The van der Waals surface area contributed by atoms with Crippen molar-refractivity contribution < 1.29 is 14.6 Å². The number of nitrogens with zero attached hydrogens (tertiary/aromatic N) is 1. The number of hydrogen-bond donors (Lipinski definition) is 2. The number of nitrogens with one attached hydrogen (secondary N) is 1. The van der Waals surface area contributed by atoms with Crippen LogP contribution in [0.1, 0.15) is 5.56 Å². The number of H-pyrrole nitrogens is 1. The average molecular weight is 208 g/mol. The number of methoxy groups -OCH3 is 2. The first kappa shape index (κ1) is 9.79. The van der Waals surface area contributed by atoms with Gasteiger partial charge in [0.1, 0.15) is 22.5 Å². The normalized spacial score (nSPS) is 10.6. The highest BCUT2D eigenvalue weighted by molar-refractivity contribution is 5.86. The second kappa shape index (κ2) is 3.78. The van der Waals surface area contributed by atoms with Crippen molar-refractivity contribution in [2.75, 3.05) is 14.2 Å². The molecule has 0 saturated heterocycles. The second-order valence-electron chi connectivity index (χ2n) is 3.04. The first-order valence-electron chi connectivity index (χ1n) is 4.49. The molecule has 1 heterocycles. The molecule has 0 bridgehead atoms. The summed E-state index contributed by atoms with van der Waals surface area (Å²) in [6.45, 7) is -0.117. The van der Waals surface area contributed by atoms with Gasteiger partial charge in [-0.1, -0.05) is 0 Å². The summed E-state index contributed by atoms with van der Waals surface area (Å²) in [5.74, 6) is 1.23. The molecule has 0 aliphatic carbocycles. The number of aliphatic hydroxyl groups is 1. The highest BCUT2D eigenvalue weighted by atomic mass is 16.5. The molecule has 2 rings (SSSR count). The number of rotatable bonds is 3. The third-order valence-corrected chi connectivity index (χ3v) is 2.33. The number of aromatic nitrogens is 2. The fourth-order valence-electron chi connectivity index (χ4n) is 1.60. The highest BCUT2D eigenvalue weighted by Gasteiger charge is 2.14. The number of aromatic amines is 1. The van der Waals surface area contributed by atoms with Crippen LogP contribution in [0.2, 0.25) is 0 Å². The molecule has 0 aliphatic rings. The average Bonchev–Trinajstić information content (AvgIpc) is 2.75. The Morgan fingerprint density at radius 2 is 2.07 bits per heavy atom. The Morgan fingerprint density at radius 3 is 2.67 bits per heavy atom. The molecule has 0 amide bonds. The van der Waals surface area contributed by atoms with Crippen molar-refractivity contribution in [3.8, 4) is 11.5 Å². The molecule has 0 saturated carbocycles. The molecule has 0 unspecified atom stereocenters. The van der Waals surface area contributed by atoms with Crippen LogP contribution in [-0.2, 0) is 6.61 Å². The van der Waals surface area contributed by atoms with Crippen LogP contribution in [0.3, 0.4) is 0 Å². The molecular weight excluding hydrogens is 196 g/mol. The lowest BCUT2D eigenvalue weighted by atomic mass is 10.1. The molecule has 1 aromatic carbocycles. The van der Waals surface area contributed by atoms with Gasteiger partial charge in [-0.3, -0.25) is 0 Å². The minimum absolute atomic E-state index is 0.117. The number of hydrogen-bond acceptors (Lipinski definition) is 4. The summed E-state index contributed by atoms with van der Waals surface area (Å²) in [6, 6.07) is 1.73. The largest absolute Gasteiger partial charge is 0.496 e. The highest BCUT2D eigenvalue weighted by Crippen LogP contribution is 2.33. The zero-order valence-corrected chi connectivity index (χ0v) is 8.57. The van der Waals surface area contributed by atoms with Crippen molar-refractivity contribution in [3.05, 3.63) is 18.0 Å². The predicted molar refractivity (Wildman–Crippen MR) is 55.1 cm³/mol.